The second-order valence-electron chi connectivity index (χ2n) is 8.99. The molecule has 0 fully saturated rings. The van der Waals surface area contributed by atoms with E-state index in [1.165, 1.54) is 6.21 Å². The van der Waals surface area contributed by atoms with Crippen LogP contribution in [-0.2, 0) is 11.2 Å². The van der Waals surface area contributed by atoms with Crippen LogP contribution in [0.15, 0.2) is 46.0 Å². The van der Waals surface area contributed by atoms with Crippen LogP contribution in [-0.4, -0.2) is 53.4 Å². The standard InChI is InChI=1S/C27H28Cl2N4O5/c1-14(2)32-13-18(30)12-21(27(36)37)33-26(35)23-20(28)10-15(3)19(24(23)29)6-8-31-25(34)17-5-4-16-7-9-38-22(16)11-17/h4-5,7,9-11,13-14,21,30H,6,8,12H2,1-3H3,(H,31,34)(H,33,35)(H,36,37)/t21-/m0/s1. The number of furan rings is 1. The molecule has 0 saturated heterocycles. The van der Waals surface area contributed by atoms with Crippen molar-refractivity contribution < 1.29 is 23.9 Å². The second kappa shape index (κ2) is 12.7. The number of aliphatic imine (C=N–C) groups is 1. The molecule has 0 unspecified atom stereocenters. The van der Waals surface area contributed by atoms with Gasteiger partial charge in [-0.25, -0.2) is 4.79 Å². The van der Waals surface area contributed by atoms with Gasteiger partial charge in [-0.1, -0.05) is 29.3 Å². The Labute approximate surface area is 229 Å². The van der Waals surface area contributed by atoms with Gasteiger partial charge in [0.2, 0.25) is 0 Å². The number of amides is 2. The molecule has 4 N–H and O–H groups in total. The summed E-state index contributed by atoms with van der Waals surface area (Å²) >= 11 is 12.9. The first-order chi connectivity index (χ1) is 18.0. The van der Waals surface area contributed by atoms with Crippen LogP contribution in [0, 0.1) is 12.3 Å². The third-order valence-electron chi connectivity index (χ3n) is 5.70. The number of aryl methyl sites for hydroxylation is 1. The van der Waals surface area contributed by atoms with Gasteiger partial charge >= 0.3 is 5.97 Å². The zero-order valence-electron chi connectivity index (χ0n) is 21.1. The zero-order valence-corrected chi connectivity index (χ0v) is 22.6. The average Bonchev–Trinajstić information content (AvgIpc) is 3.32. The maximum atomic E-state index is 13.0. The van der Waals surface area contributed by atoms with E-state index in [-0.39, 0.29) is 46.2 Å². The molecule has 200 valence electrons. The molecule has 1 heterocycles. The quantitative estimate of drug-likeness (QED) is 0.242. The van der Waals surface area contributed by atoms with Crippen molar-refractivity contribution in [1.82, 2.24) is 10.6 Å². The van der Waals surface area contributed by atoms with Crippen LogP contribution in [0.5, 0.6) is 0 Å². The van der Waals surface area contributed by atoms with Crippen LogP contribution in [0.4, 0.5) is 0 Å². The SMILES string of the molecule is Cc1cc(Cl)c(C(=O)N[C@@H](CC(=N)C=NC(C)C)C(=O)O)c(Cl)c1CCNC(=O)c1ccc2ccoc2c1. The molecule has 3 aromatic rings. The van der Waals surface area contributed by atoms with Gasteiger partial charge in [-0.15, -0.1) is 0 Å². The Morgan fingerprint density at radius 1 is 1.16 bits per heavy atom. The van der Waals surface area contributed by atoms with E-state index in [9.17, 15) is 19.5 Å². The lowest BCUT2D eigenvalue weighted by molar-refractivity contribution is -0.139. The highest BCUT2D eigenvalue weighted by Gasteiger charge is 2.26. The van der Waals surface area contributed by atoms with E-state index in [0.717, 1.165) is 5.39 Å². The molecule has 0 aliphatic rings. The van der Waals surface area contributed by atoms with Gasteiger partial charge in [0, 0.05) is 36.2 Å². The van der Waals surface area contributed by atoms with E-state index in [0.29, 0.717) is 28.7 Å². The monoisotopic (exact) mass is 558 g/mol. The number of nitrogens with one attached hydrogen (secondary N) is 3. The predicted octanol–water partition coefficient (Wildman–Crippen LogP) is 5.09. The number of nitrogens with zero attached hydrogens (tertiary/aromatic N) is 1. The summed E-state index contributed by atoms with van der Waals surface area (Å²) in [7, 11) is 0. The van der Waals surface area contributed by atoms with Crippen molar-refractivity contribution in [2.45, 2.75) is 45.7 Å². The van der Waals surface area contributed by atoms with Crippen molar-refractivity contribution in [2.24, 2.45) is 4.99 Å². The summed E-state index contributed by atoms with van der Waals surface area (Å²) in [5, 5.41) is 23.8. The van der Waals surface area contributed by atoms with E-state index in [1.807, 2.05) is 13.8 Å². The maximum absolute atomic E-state index is 13.0. The first-order valence-electron chi connectivity index (χ1n) is 11.8. The Morgan fingerprint density at radius 3 is 2.58 bits per heavy atom. The number of carbonyl (C=O) groups is 3. The number of aliphatic carboxylic acids is 1. The maximum Gasteiger partial charge on any atom is 0.326 e. The number of carboxylic acids is 1. The van der Waals surface area contributed by atoms with Crippen LogP contribution in [0.2, 0.25) is 10.0 Å². The molecule has 11 heteroatoms. The molecule has 1 aromatic heterocycles. The normalized spacial score (nSPS) is 12.2. The summed E-state index contributed by atoms with van der Waals surface area (Å²) in [5.41, 5.74) is 2.23. The molecule has 0 aliphatic heterocycles. The van der Waals surface area contributed by atoms with Crippen molar-refractivity contribution in [3.05, 3.63) is 68.9 Å². The van der Waals surface area contributed by atoms with Gasteiger partial charge in [0.05, 0.1) is 27.6 Å². The second-order valence-corrected chi connectivity index (χ2v) is 9.77. The Morgan fingerprint density at radius 2 is 1.89 bits per heavy atom. The van der Waals surface area contributed by atoms with E-state index < -0.39 is 17.9 Å². The van der Waals surface area contributed by atoms with E-state index in [1.54, 1.807) is 43.5 Å². The molecule has 0 bridgehead atoms. The van der Waals surface area contributed by atoms with E-state index in [2.05, 4.69) is 15.6 Å². The smallest absolute Gasteiger partial charge is 0.326 e. The Balaban J connectivity index is 1.71. The largest absolute Gasteiger partial charge is 0.480 e. The van der Waals surface area contributed by atoms with Crippen molar-refractivity contribution >= 4 is 63.9 Å². The highest BCUT2D eigenvalue weighted by Crippen LogP contribution is 2.31. The predicted molar refractivity (Wildman–Crippen MR) is 148 cm³/mol. The fraction of sp³-hybridized carbons (Fsp3) is 0.296. The van der Waals surface area contributed by atoms with Crippen molar-refractivity contribution in [3.63, 3.8) is 0 Å². The minimum Gasteiger partial charge on any atom is -0.480 e. The lowest BCUT2D eigenvalue weighted by Gasteiger charge is -2.18. The zero-order chi connectivity index (χ0) is 28.0. The minimum atomic E-state index is -1.38. The highest BCUT2D eigenvalue weighted by molar-refractivity contribution is 6.40. The number of rotatable bonds is 11. The van der Waals surface area contributed by atoms with E-state index in [4.69, 9.17) is 33.0 Å². The summed E-state index contributed by atoms with van der Waals surface area (Å²) < 4.78 is 5.34. The molecular weight excluding hydrogens is 531 g/mol. The summed E-state index contributed by atoms with van der Waals surface area (Å²) in [5.74, 6) is -2.38. The van der Waals surface area contributed by atoms with Crippen molar-refractivity contribution in [3.8, 4) is 0 Å². The third kappa shape index (κ3) is 7.20. The number of benzene rings is 2. The molecule has 0 aliphatic carbocycles. The van der Waals surface area contributed by atoms with Crippen LogP contribution in [0.25, 0.3) is 11.0 Å². The molecule has 0 spiro atoms. The lowest BCUT2D eigenvalue weighted by Crippen LogP contribution is -2.42. The third-order valence-corrected chi connectivity index (χ3v) is 6.42. The summed E-state index contributed by atoms with van der Waals surface area (Å²) in [6.07, 6.45) is 2.86. The molecule has 9 nitrogen and oxygen atoms in total. The van der Waals surface area contributed by atoms with Crippen LogP contribution in [0.3, 0.4) is 0 Å². The van der Waals surface area contributed by atoms with Crippen molar-refractivity contribution in [2.75, 3.05) is 6.54 Å². The minimum absolute atomic E-state index is 0.0462. The molecular formula is C27H28Cl2N4O5. The Bertz CT molecular complexity index is 1410. The molecule has 0 saturated carbocycles. The molecule has 1 atom stereocenters. The van der Waals surface area contributed by atoms with Crippen LogP contribution >= 0.6 is 23.2 Å². The van der Waals surface area contributed by atoms with Gasteiger partial charge in [-0.3, -0.25) is 14.6 Å². The fourth-order valence-electron chi connectivity index (χ4n) is 3.73. The van der Waals surface area contributed by atoms with Gasteiger partial charge in [-0.05, 0) is 62.6 Å². The molecule has 3 rings (SSSR count). The first kappa shape index (κ1) is 28.9. The molecule has 2 aromatic carbocycles. The topological polar surface area (TPSA) is 145 Å². The fourth-order valence-corrected chi connectivity index (χ4v) is 4.56. The molecule has 0 radical (unpaired) electrons. The lowest BCUT2D eigenvalue weighted by atomic mass is 10.0. The summed E-state index contributed by atoms with van der Waals surface area (Å²) in [4.78, 5) is 41.4. The number of carboxylic acid groups (broad SMARTS) is 1. The molecule has 38 heavy (non-hydrogen) atoms. The van der Waals surface area contributed by atoms with Gasteiger partial charge in [-0.2, -0.15) is 0 Å². The van der Waals surface area contributed by atoms with Gasteiger partial charge < -0.3 is 25.6 Å². The first-order valence-corrected chi connectivity index (χ1v) is 12.6. The highest BCUT2D eigenvalue weighted by atomic mass is 35.5. The van der Waals surface area contributed by atoms with Crippen LogP contribution in [0.1, 0.15) is 52.1 Å². The Kier molecular flexibility index (Phi) is 9.66. The number of hydrogen-bond acceptors (Lipinski definition) is 6. The number of halogens is 2. The average molecular weight is 559 g/mol. The van der Waals surface area contributed by atoms with Gasteiger partial charge in [0.1, 0.15) is 11.6 Å². The molecule has 2 amide bonds. The summed E-state index contributed by atoms with van der Waals surface area (Å²) in [6, 6.07) is 7.08. The van der Waals surface area contributed by atoms with Gasteiger partial charge in [0.25, 0.3) is 11.8 Å². The summed E-state index contributed by atoms with van der Waals surface area (Å²) in [6.45, 7) is 5.65. The number of carbonyl (C=O) groups excluding carboxylic acids is 2. The Hall–Kier alpha value is -3.69. The number of fused-ring (bicyclic) bond motifs is 1. The number of hydrogen-bond donors (Lipinski definition) is 4. The van der Waals surface area contributed by atoms with E-state index >= 15 is 0 Å². The van der Waals surface area contributed by atoms with Crippen molar-refractivity contribution in [1.29, 1.82) is 5.41 Å². The van der Waals surface area contributed by atoms with Gasteiger partial charge in [0.15, 0.2) is 0 Å². The van der Waals surface area contributed by atoms with Crippen LogP contribution < -0.4 is 10.6 Å².